The van der Waals surface area contributed by atoms with E-state index in [-0.39, 0.29) is 29.4 Å². The van der Waals surface area contributed by atoms with Crippen molar-refractivity contribution in [2.24, 2.45) is 10.4 Å². The summed E-state index contributed by atoms with van der Waals surface area (Å²) < 4.78 is 11.5. The van der Waals surface area contributed by atoms with Gasteiger partial charge in [-0.2, -0.15) is 0 Å². The number of nitrogens with one attached hydrogen (secondary N) is 1. The van der Waals surface area contributed by atoms with E-state index in [1.54, 1.807) is 7.11 Å². The van der Waals surface area contributed by atoms with Crippen molar-refractivity contribution in [3.8, 4) is 5.75 Å². The molecule has 3 fully saturated rings. The predicted molar refractivity (Wildman–Crippen MR) is 133 cm³/mol. The van der Waals surface area contributed by atoms with Gasteiger partial charge in [0.15, 0.2) is 5.96 Å². The minimum absolute atomic E-state index is 0. The Morgan fingerprint density at radius 3 is 2.57 bits per heavy atom. The van der Waals surface area contributed by atoms with Crippen molar-refractivity contribution >= 4 is 29.9 Å². The van der Waals surface area contributed by atoms with Gasteiger partial charge in [0.2, 0.25) is 0 Å². The molecule has 2 aliphatic heterocycles. The van der Waals surface area contributed by atoms with E-state index in [0.29, 0.717) is 5.41 Å². The first-order valence-electron chi connectivity index (χ1n) is 11.4. The number of ether oxygens (including phenoxy) is 2. The van der Waals surface area contributed by atoms with Crippen LogP contribution in [-0.4, -0.2) is 57.4 Å². The van der Waals surface area contributed by atoms with Crippen molar-refractivity contribution in [3.05, 3.63) is 29.3 Å². The molecule has 4 rings (SSSR count). The van der Waals surface area contributed by atoms with Crippen molar-refractivity contribution in [2.45, 2.75) is 57.8 Å². The van der Waals surface area contributed by atoms with Crippen LogP contribution in [0, 0.1) is 12.3 Å². The molecule has 1 spiro atoms. The molecule has 0 amide bonds. The van der Waals surface area contributed by atoms with Gasteiger partial charge in [-0.15, -0.1) is 24.0 Å². The minimum atomic E-state index is -0.0236. The van der Waals surface area contributed by atoms with Crippen LogP contribution in [0.25, 0.3) is 0 Å². The topological polar surface area (TPSA) is 46.1 Å². The van der Waals surface area contributed by atoms with Crippen LogP contribution in [0.5, 0.6) is 5.75 Å². The fourth-order valence-electron chi connectivity index (χ4n) is 5.36. The molecule has 3 aliphatic rings. The lowest BCUT2D eigenvalue weighted by Gasteiger charge is -2.39. The second-order valence-electron chi connectivity index (χ2n) is 9.29. The lowest BCUT2D eigenvalue weighted by molar-refractivity contribution is 0.0521. The van der Waals surface area contributed by atoms with E-state index in [1.807, 2.05) is 0 Å². The highest BCUT2D eigenvalue weighted by atomic mass is 127. The number of benzene rings is 1. The summed E-state index contributed by atoms with van der Waals surface area (Å²) in [6, 6.07) is 6.54. The van der Waals surface area contributed by atoms with E-state index in [4.69, 9.17) is 14.5 Å². The first kappa shape index (κ1) is 23.6. The van der Waals surface area contributed by atoms with Crippen molar-refractivity contribution < 1.29 is 9.47 Å². The summed E-state index contributed by atoms with van der Waals surface area (Å²) in [5.41, 5.74) is 3.12. The Labute approximate surface area is 199 Å². The first-order valence-corrected chi connectivity index (χ1v) is 11.4. The molecule has 1 aliphatic carbocycles. The Kier molecular flexibility index (Phi) is 7.93. The standard InChI is InChI=1S/C24H37N3O2.HI/c1-4-25-22(27-13-10-23(18-27)8-5-9-23)26-17-24(11-14-29-15-12-24)20-16-19(2)6-7-21(20)28-3;/h6-7,16H,4-5,8-15,17-18H2,1-3H3,(H,25,26);1H. The zero-order valence-electron chi connectivity index (χ0n) is 18.8. The number of guanidine groups is 1. The number of hydrogen-bond donors (Lipinski definition) is 1. The summed E-state index contributed by atoms with van der Waals surface area (Å²) in [4.78, 5) is 7.72. The third-order valence-corrected chi connectivity index (χ3v) is 7.39. The quantitative estimate of drug-likeness (QED) is 0.348. The average molecular weight is 527 g/mol. The third-order valence-electron chi connectivity index (χ3n) is 7.39. The predicted octanol–water partition coefficient (Wildman–Crippen LogP) is 4.51. The number of hydrogen-bond acceptors (Lipinski definition) is 3. The molecule has 0 aromatic heterocycles. The van der Waals surface area contributed by atoms with Gasteiger partial charge >= 0.3 is 0 Å². The van der Waals surface area contributed by atoms with Crippen LogP contribution in [-0.2, 0) is 10.2 Å². The third kappa shape index (κ3) is 4.74. The monoisotopic (exact) mass is 527 g/mol. The van der Waals surface area contributed by atoms with Gasteiger partial charge in [-0.1, -0.05) is 24.1 Å². The number of methoxy groups -OCH3 is 1. The molecular formula is C24H38IN3O2. The molecule has 0 bridgehead atoms. The molecule has 0 radical (unpaired) electrons. The van der Waals surface area contributed by atoms with Crippen molar-refractivity contribution in [2.75, 3.05) is 46.5 Å². The molecule has 1 aromatic carbocycles. The number of rotatable bonds is 5. The van der Waals surface area contributed by atoms with Crippen LogP contribution in [0.15, 0.2) is 23.2 Å². The fraction of sp³-hybridized carbons (Fsp3) is 0.708. The highest BCUT2D eigenvalue weighted by Crippen LogP contribution is 2.48. The van der Waals surface area contributed by atoms with Gasteiger partial charge in [0, 0.05) is 43.8 Å². The Balaban J connectivity index is 0.00000256. The molecule has 30 heavy (non-hydrogen) atoms. The number of aryl methyl sites for hydroxylation is 1. The normalized spacial score (nSPS) is 22.4. The Bertz CT molecular complexity index is 742. The Morgan fingerprint density at radius 2 is 1.97 bits per heavy atom. The summed E-state index contributed by atoms with van der Waals surface area (Å²) in [7, 11) is 1.77. The Morgan fingerprint density at radius 1 is 1.20 bits per heavy atom. The zero-order valence-corrected chi connectivity index (χ0v) is 21.2. The molecule has 2 heterocycles. The minimum Gasteiger partial charge on any atom is -0.496 e. The van der Waals surface area contributed by atoms with Crippen LogP contribution in [0.4, 0.5) is 0 Å². The van der Waals surface area contributed by atoms with E-state index >= 15 is 0 Å². The second-order valence-corrected chi connectivity index (χ2v) is 9.29. The smallest absolute Gasteiger partial charge is 0.193 e. The number of likely N-dealkylation sites (tertiary alicyclic amines) is 1. The summed E-state index contributed by atoms with van der Waals surface area (Å²) >= 11 is 0. The fourth-order valence-corrected chi connectivity index (χ4v) is 5.36. The summed E-state index contributed by atoms with van der Waals surface area (Å²) in [6.07, 6.45) is 7.48. The molecular weight excluding hydrogens is 489 g/mol. The molecule has 1 aromatic rings. The van der Waals surface area contributed by atoms with E-state index in [0.717, 1.165) is 57.4 Å². The molecule has 6 heteroatoms. The molecule has 2 saturated heterocycles. The van der Waals surface area contributed by atoms with Gasteiger partial charge in [0.25, 0.3) is 0 Å². The molecule has 0 unspecified atom stereocenters. The van der Waals surface area contributed by atoms with Crippen LogP contribution in [0.3, 0.4) is 0 Å². The number of aliphatic imine (C=N–C) groups is 1. The van der Waals surface area contributed by atoms with Crippen molar-refractivity contribution in [1.82, 2.24) is 10.2 Å². The van der Waals surface area contributed by atoms with E-state index in [9.17, 15) is 0 Å². The Hall–Kier alpha value is -1.02. The maximum absolute atomic E-state index is 5.77. The van der Waals surface area contributed by atoms with Crippen LogP contribution in [0.2, 0.25) is 0 Å². The lowest BCUT2D eigenvalue weighted by Crippen LogP contribution is -2.44. The van der Waals surface area contributed by atoms with Gasteiger partial charge in [0.1, 0.15) is 5.75 Å². The van der Waals surface area contributed by atoms with Crippen LogP contribution < -0.4 is 10.1 Å². The molecule has 1 N–H and O–H groups in total. The number of halogens is 1. The molecule has 0 atom stereocenters. The maximum Gasteiger partial charge on any atom is 0.193 e. The molecule has 1 saturated carbocycles. The van der Waals surface area contributed by atoms with Crippen molar-refractivity contribution in [3.63, 3.8) is 0 Å². The van der Waals surface area contributed by atoms with Gasteiger partial charge in [0.05, 0.1) is 13.7 Å². The SMILES string of the molecule is CCNC(=NCC1(c2cc(C)ccc2OC)CCOCC1)N1CCC2(CCC2)C1.I. The molecule has 168 valence electrons. The largest absolute Gasteiger partial charge is 0.496 e. The summed E-state index contributed by atoms with van der Waals surface area (Å²) in [6.45, 7) is 9.89. The highest BCUT2D eigenvalue weighted by molar-refractivity contribution is 14.0. The van der Waals surface area contributed by atoms with E-state index in [2.05, 4.69) is 42.3 Å². The average Bonchev–Trinajstić information content (AvgIpc) is 3.18. The van der Waals surface area contributed by atoms with E-state index in [1.165, 1.54) is 43.4 Å². The van der Waals surface area contributed by atoms with Gasteiger partial charge < -0.3 is 19.7 Å². The van der Waals surface area contributed by atoms with Gasteiger partial charge in [-0.05, 0) is 57.4 Å². The van der Waals surface area contributed by atoms with Crippen LogP contribution >= 0.6 is 24.0 Å². The second kappa shape index (κ2) is 10.1. The maximum atomic E-state index is 5.77. The van der Waals surface area contributed by atoms with E-state index < -0.39 is 0 Å². The highest BCUT2D eigenvalue weighted by Gasteiger charge is 2.44. The van der Waals surface area contributed by atoms with Gasteiger partial charge in [-0.3, -0.25) is 4.99 Å². The molecule has 5 nitrogen and oxygen atoms in total. The van der Waals surface area contributed by atoms with Crippen LogP contribution in [0.1, 0.15) is 56.6 Å². The first-order chi connectivity index (χ1) is 14.1. The zero-order chi connectivity index (χ0) is 20.3. The summed E-state index contributed by atoms with van der Waals surface area (Å²) in [5.74, 6) is 2.07. The lowest BCUT2D eigenvalue weighted by atomic mass is 9.68. The van der Waals surface area contributed by atoms with Gasteiger partial charge in [-0.25, -0.2) is 0 Å². The summed E-state index contributed by atoms with van der Waals surface area (Å²) in [5, 5.41) is 3.57. The number of nitrogens with zero attached hydrogens (tertiary/aromatic N) is 2. The van der Waals surface area contributed by atoms with Crippen molar-refractivity contribution in [1.29, 1.82) is 0 Å².